The maximum atomic E-state index is 12.5. The number of amides is 1. The van der Waals surface area contributed by atoms with Gasteiger partial charge in [-0.05, 0) is 36.2 Å². The Hall–Kier alpha value is -2.55. The SMILES string of the molecule is CCCCOc1ccc(CN2CCN(CC(=O)Nc3cccc4nsnc34)CC2)cc1. The molecule has 0 atom stereocenters. The molecule has 1 N–H and O–H groups in total. The third kappa shape index (κ3) is 6.00. The second-order valence-corrected chi connectivity index (χ2v) is 8.41. The molecule has 0 unspecified atom stereocenters. The van der Waals surface area contributed by atoms with E-state index >= 15 is 0 Å². The molecule has 2 aromatic carbocycles. The van der Waals surface area contributed by atoms with E-state index in [9.17, 15) is 4.79 Å². The molecule has 0 radical (unpaired) electrons. The molecule has 1 fully saturated rings. The van der Waals surface area contributed by atoms with Crippen LogP contribution in [0.4, 0.5) is 5.69 Å². The number of fused-ring (bicyclic) bond motifs is 1. The predicted molar refractivity (Wildman–Crippen MR) is 125 cm³/mol. The Kier molecular flexibility index (Phi) is 7.45. The minimum absolute atomic E-state index is 0.00684. The summed E-state index contributed by atoms with van der Waals surface area (Å²) in [4.78, 5) is 17.2. The molecule has 1 aliphatic heterocycles. The molecule has 1 saturated heterocycles. The van der Waals surface area contributed by atoms with Crippen LogP contribution in [0.15, 0.2) is 42.5 Å². The van der Waals surface area contributed by atoms with E-state index in [1.165, 1.54) is 5.56 Å². The van der Waals surface area contributed by atoms with Crippen molar-refractivity contribution in [3.63, 3.8) is 0 Å². The number of benzene rings is 2. The Bertz CT molecular complexity index is 983. The third-order valence-electron chi connectivity index (χ3n) is 5.49. The number of carbonyl (C=O) groups excluding carboxylic acids is 1. The van der Waals surface area contributed by atoms with Crippen LogP contribution in [0.1, 0.15) is 25.3 Å². The lowest BCUT2D eigenvalue weighted by Gasteiger charge is -2.34. The number of hydrogen-bond donors (Lipinski definition) is 1. The fourth-order valence-corrected chi connectivity index (χ4v) is 4.24. The van der Waals surface area contributed by atoms with Gasteiger partial charge in [0, 0.05) is 32.7 Å². The monoisotopic (exact) mass is 439 g/mol. The first-order valence-electron chi connectivity index (χ1n) is 10.9. The molecule has 2 heterocycles. The molecule has 1 amide bonds. The number of nitrogens with zero attached hydrogens (tertiary/aromatic N) is 4. The highest BCUT2D eigenvalue weighted by Gasteiger charge is 2.19. The van der Waals surface area contributed by atoms with E-state index < -0.39 is 0 Å². The molecule has 0 saturated carbocycles. The molecule has 164 valence electrons. The van der Waals surface area contributed by atoms with Crippen molar-refractivity contribution in [2.75, 3.05) is 44.6 Å². The summed E-state index contributed by atoms with van der Waals surface area (Å²) < 4.78 is 14.2. The number of hydrogen-bond acceptors (Lipinski definition) is 7. The van der Waals surface area contributed by atoms with Gasteiger partial charge in [-0.2, -0.15) is 8.75 Å². The summed E-state index contributed by atoms with van der Waals surface area (Å²) >= 11 is 1.16. The molecule has 1 aromatic heterocycles. The van der Waals surface area contributed by atoms with Crippen molar-refractivity contribution in [3.8, 4) is 5.75 Å². The smallest absolute Gasteiger partial charge is 0.238 e. The standard InChI is InChI=1S/C23H29N5O2S/c1-2-3-15-30-19-9-7-18(8-10-19)16-27-11-13-28(14-12-27)17-22(29)24-20-5-4-6-21-23(20)26-31-25-21/h4-10H,2-3,11-17H2,1H3,(H,24,29). The van der Waals surface area contributed by atoms with E-state index in [4.69, 9.17) is 4.74 Å². The molecule has 31 heavy (non-hydrogen) atoms. The highest BCUT2D eigenvalue weighted by molar-refractivity contribution is 7.00. The minimum Gasteiger partial charge on any atom is -0.494 e. The molecule has 0 aliphatic carbocycles. The first-order chi connectivity index (χ1) is 15.2. The van der Waals surface area contributed by atoms with E-state index in [0.29, 0.717) is 6.54 Å². The summed E-state index contributed by atoms with van der Waals surface area (Å²) in [6.45, 7) is 7.93. The van der Waals surface area contributed by atoms with E-state index in [1.54, 1.807) is 0 Å². The molecule has 7 nitrogen and oxygen atoms in total. The summed E-state index contributed by atoms with van der Waals surface area (Å²) in [6.07, 6.45) is 2.23. The second kappa shape index (κ2) is 10.7. The lowest BCUT2D eigenvalue weighted by Crippen LogP contribution is -2.48. The summed E-state index contributed by atoms with van der Waals surface area (Å²) in [6, 6.07) is 14.1. The lowest BCUT2D eigenvalue weighted by atomic mass is 10.2. The largest absolute Gasteiger partial charge is 0.494 e. The van der Waals surface area contributed by atoms with Crippen LogP contribution in [0.5, 0.6) is 5.75 Å². The van der Waals surface area contributed by atoms with Crippen LogP contribution >= 0.6 is 11.7 Å². The van der Waals surface area contributed by atoms with Gasteiger partial charge in [0.05, 0.1) is 30.6 Å². The summed E-state index contributed by atoms with van der Waals surface area (Å²) in [5, 5.41) is 2.99. The molecule has 1 aliphatic rings. The van der Waals surface area contributed by atoms with Gasteiger partial charge >= 0.3 is 0 Å². The Morgan fingerprint density at radius 2 is 1.84 bits per heavy atom. The fraction of sp³-hybridized carbons (Fsp3) is 0.435. The van der Waals surface area contributed by atoms with Crippen LogP contribution < -0.4 is 10.1 Å². The van der Waals surface area contributed by atoms with Crippen molar-refractivity contribution in [2.24, 2.45) is 0 Å². The Morgan fingerprint density at radius 3 is 2.61 bits per heavy atom. The average Bonchev–Trinajstić information content (AvgIpc) is 3.27. The molecule has 8 heteroatoms. The zero-order valence-corrected chi connectivity index (χ0v) is 18.7. The molecular formula is C23H29N5O2S. The van der Waals surface area contributed by atoms with Gasteiger partial charge in [0.1, 0.15) is 16.8 Å². The van der Waals surface area contributed by atoms with E-state index in [0.717, 1.165) is 86.4 Å². The van der Waals surface area contributed by atoms with Crippen molar-refractivity contribution < 1.29 is 9.53 Å². The van der Waals surface area contributed by atoms with E-state index in [2.05, 4.69) is 55.1 Å². The summed E-state index contributed by atoms with van der Waals surface area (Å²) in [5.74, 6) is 0.935. The van der Waals surface area contributed by atoms with Gasteiger partial charge in [-0.1, -0.05) is 31.5 Å². The number of ether oxygens (including phenoxy) is 1. The number of anilines is 1. The van der Waals surface area contributed by atoms with Crippen LogP contribution in [-0.2, 0) is 11.3 Å². The Balaban J connectivity index is 1.21. The topological polar surface area (TPSA) is 70.6 Å². The van der Waals surface area contributed by atoms with Crippen molar-refractivity contribution in [3.05, 3.63) is 48.0 Å². The van der Waals surface area contributed by atoms with E-state index in [1.807, 2.05) is 18.2 Å². The maximum absolute atomic E-state index is 12.5. The van der Waals surface area contributed by atoms with Crippen molar-refractivity contribution in [1.82, 2.24) is 18.5 Å². The number of nitrogens with one attached hydrogen (secondary N) is 1. The average molecular weight is 440 g/mol. The molecule has 0 bridgehead atoms. The van der Waals surface area contributed by atoms with Gasteiger partial charge in [0.15, 0.2) is 0 Å². The fourth-order valence-electron chi connectivity index (χ4n) is 3.69. The van der Waals surface area contributed by atoms with Crippen LogP contribution in [0.3, 0.4) is 0 Å². The van der Waals surface area contributed by atoms with Crippen LogP contribution in [-0.4, -0.2) is 63.8 Å². The first kappa shape index (κ1) is 21.7. The third-order valence-corrected chi connectivity index (χ3v) is 6.03. The molecular weight excluding hydrogens is 410 g/mol. The number of carbonyl (C=O) groups is 1. The van der Waals surface area contributed by atoms with Gasteiger partial charge in [0.2, 0.25) is 5.91 Å². The summed E-state index contributed by atoms with van der Waals surface area (Å²) in [5.41, 5.74) is 3.60. The Labute approximate surface area is 187 Å². The van der Waals surface area contributed by atoms with Crippen molar-refractivity contribution in [1.29, 1.82) is 0 Å². The zero-order chi connectivity index (χ0) is 21.5. The molecule has 4 rings (SSSR count). The van der Waals surface area contributed by atoms with Gasteiger partial charge in [-0.15, -0.1) is 0 Å². The van der Waals surface area contributed by atoms with Crippen LogP contribution in [0.25, 0.3) is 11.0 Å². The number of rotatable bonds is 9. The van der Waals surface area contributed by atoms with Crippen molar-refractivity contribution in [2.45, 2.75) is 26.3 Å². The van der Waals surface area contributed by atoms with Gasteiger partial charge < -0.3 is 10.1 Å². The van der Waals surface area contributed by atoms with E-state index in [-0.39, 0.29) is 5.91 Å². The van der Waals surface area contributed by atoms with Crippen LogP contribution in [0.2, 0.25) is 0 Å². The number of unbranched alkanes of at least 4 members (excludes halogenated alkanes) is 1. The van der Waals surface area contributed by atoms with Crippen LogP contribution in [0, 0.1) is 0 Å². The lowest BCUT2D eigenvalue weighted by molar-refractivity contribution is -0.117. The van der Waals surface area contributed by atoms with Gasteiger partial charge in [0.25, 0.3) is 0 Å². The second-order valence-electron chi connectivity index (χ2n) is 7.88. The Morgan fingerprint density at radius 1 is 1.06 bits per heavy atom. The van der Waals surface area contributed by atoms with Crippen molar-refractivity contribution >= 4 is 34.4 Å². The maximum Gasteiger partial charge on any atom is 0.238 e. The minimum atomic E-state index is -0.00684. The predicted octanol–water partition coefficient (Wildman–Crippen LogP) is 3.63. The quantitative estimate of drug-likeness (QED) is 0.514. The number of aromatic nitrogens is 2. The first-order valence-corrected chi connectivity index (χ1v) is 11.6. The normalized spacial score (nSPS) is 15.3. The van der Waals surface area contributed by atoms with Gasteiger partial charge in [-0.3, -0.25) is 14.6 Å². The molecule has 3 aromatic rings. The summed E-state index contributed by atoms with van der Waals surface area (Å²) in [7, 11) is 0. The number of piperazine rings is 1. The van der Waals surface area contributed by atoms with Gasteiger partial charge in [-0.25, -0.2) is 0 Å². The molecule has 0 spiro atoms. The highest BCUT2D eigenvalue weighted by atomic mass is 32.1. The zero-order valence-electron chi connectivity index (χ0n) is 17.9. The highest BCUT2D eigenvalue weighted by Crippen LogP contribution is 2.21.